The summed E-state index contributed by atoms with van der Waals surface area (Å²) in [6.45, 7) is 12.9. The number of carbonyl (C=O) groups excluding carboxylic acids is 1. The minimum absolute atomic E-state index is 0.0720. The van der Waals surface area contributed by atoms with Gasteiger partial charge in [0.15, 0.2) is 5.82 Å². The van der Waals surface area contributed by atoms with Crippen LogP contribution in [-0.4, -0.2) is 41.8 Å². The van der Waals surface area contributed by atoms with E-state index < -0.39 is 14.4 Å². The van der Waals surface area contributed by atoms with Crippen LogP contribution in [-0.2, 0) is 4.79 Å². The summed E-state index contributed by atoms with van der Waals surface area (Å²) in [7, 11) is -0.333. The summed E-state index contributed by atoms with van der Waals surface area (Å²) in [6, 6.07) is 20.3. The maximum atomic E-state index is 13.4. The number of halogens is 1. The summed E-state index contributed by atoms with van der Waals surface area (Å²) in [5.41, 5.74) is 3.98. The second-order valence-corrected chi connectivity index (χ2v) is 17.1. The van der Waals surface area contributed by atoms with Gasteiger partial charge in [0.2, 0.25) is 14.2 Å². The molecule has 0 fully saturated rings. The first-order valence-electron chi connectivity index (χ1n) is 13.9. The average molecular weight is 602 g/mol. The lowest BCUT2D eigenvalue weighted by molar-refractivity contribution is -0.116. The van der Waals surface area contributed by atoms with Crippen LogP contribution in [0.2, 0.25) is 23.2 Å². The summed E-state index contributed by atoms with van der Waals surface area (Å²) < 4.78 is 13.9. The van der Waals surface area contributed by atoms with Crippen LogP contribution in [0.25, 0.3) is 5.69 Å². The summed E-state index contributed by atoms with van der Waals surface area (Å²) in [6.07, 6.45) is 0.0720. The van der Waals surface area contributed by atoms with Gasteiger partial charge in [-0.1, -0.05) is 44.5 Å². The number of nitrogens with zero attached hydrogens (tertiary/aromatic N) is 4. The van der Waals surface area contributed by atoms with Crippen molar-refractivity contribution in [2.45, 2.75) is 58.3 Å². The normalized spacial score (nSPS) is 14.8. The standard InChI is InChI=1S/C32H36ClN5O3Si/c1-20-36-37-31-27(19-29(39)34-23-12-14-24(15-13-23)41-42(6,7)32(2,3)4)35-30(21-8-10-22(33)11-9-21)26-18-25(40-5)16-17-28(26)38(20)31/h8-18,27H,19H2,1-7H3,(H,34,39). The molecule has 0 aliphatic carbocycles. The number of carbonyl (C=O) groups is 1. The van der Waals surface area contributed by atoms with Crippen molar-refractivity contribution in [1.82, 2.24) is 14.8 Å². The predicted octanol–water partition coefficient (Wildman–Crippen LogP) is 7.54. The second kappa shape index (κ2) is 11.4. The van der Waals surface area contributed by atoms with Gasteiger partial charge in [-0.2, -0.15) is 0 Å². The average Bonchev–Trinajstić information content (AvgIpc) is 3.26. The maximum Gasteiger partial charge on any atom is 0.250 e. The van der Waals surface area contributed by atoms with Crippen LogP contribution in [0.4, 0.5) is 5.69 Å². The van der Waals surface area contributed by atoms with E-state index in [1.807, 2.05) is 78.2 Å². The van der Waals surface area contributed by atoms with Crippen molar-refractivity contribution in [3.05, 3.63) is 94.5 Å². The minimum atomic E-state index is -1.96. The fourth-order valence-corrected chi connectivity index (χ4v) is 5.78. The summed E-state index contributed by atoms with van der Waals surface area (Å²) in [4.78, 5) is 18.5. The van der Waals surface area contributed by atoms with E-state index in [0.29, 0.717) is 28.1 Å². The first kappa shape index (κ1) is 29.5. The van der Waals surface area contributed by atoms with Crippen LogP contribution in [0.3, 0.4) is 0 Å². The molecule has 3 aromatic carbocycles. The summed E-state index contributed by atoms with van der Waals surface area (Å²) in [5, 5.41) is 12.5. The largest absolute Gasteiger partial charge is 0.544 e. The Morgan fingerprint density at radius 2 is 1.67 bits per heavy atom. The van der Waals surface area contributed by atoms with Crippen molar-refractivity contribution in [2.24, 2.45) is 4.99 Å². The predicted molar refractivity (Wildman–Crippen MR) is 170 cm³/mol. The van der Waals surface area contributed by atoms with Gasteiger partial charge in [-0.05, 0) is 79.7 Å². The highest BCUT2D eigenvalue weighted by atomic mass is 35.5. The number of methoxy groups -OCH3 is 1. The van der Waals surface area contributed by atoms with E-state index in [4.69, 9.17) is 25.8 Å². The van der Waals surface area contributed by atoms with Crippen molar-refractivity contribution in [3.8, 4) is 17.2 Å². The van der Waals surface area contributed by atoms with Crippen LogP contribution < -0.4 is 14.5 Å². The zero-order valence-corrected chi connectivity index (χ0v) is 26.8. The van der Waals surface area contributed by atoms with Crippen LogP contribution in [0.15, 0.2) is 71.7 Å². The molecule has 5 rings (SSSR count). The Kier molecular flexibility index (Phi) is 8.00. The number of amides is 1. The topological polar surface area (TPSA) is 90.6 Å². The van der Waals surface area contributed by atoms with Gasteiger partial charge < -0.3 is 14.5 Å². The monoisotopic (exact) mass is 601 g/mol. The Labute approximate surface area is 252 Å². The number of anilines is 1. The Morgan fingerprint density at radius 1 is 1.00 bits per heavy atom. The number of hydrogen-bond acceptors (Lipinski definition) is 6. The molecule has 0 spiro atoms. The van der Waals surface area contributed by atoms with E-state index in [9.17, 15) is 4.79 Å². The van der Waals surface area contributed by atoms with Gasteiger partial charge in [-0.15, -0.1) is 10.2 Å². The zero-order chi connectivity index (χ0) is 30.2. The van der Waals surface area contributed by atoms with Crippen LogP contribution >= 0.6 is 11.6 Å². The number of aryl methyl sites for hydroxylation is 1. The molecule has 1 N–H and O–H groups in total. The lowest BCUT2D eigenvalue weighted by Crippen LogP contribution is -2.43. The first-order valence-corrected chi connectivity index (χ1v) is 17.2. The number of nitrogens with one attached hydrogen (secondary N) is 1. The third-order valence-electron chi connectivity index (χ3n) is 7.95. The summed E-state index contributed by atoms with van der Waals surface area (Å²) >= 11 is 6.20. The fraction of sp³-hybridized carbons (Fsp3) is 0.312. The third-order valence-corrected chi connectivity index (χ3v) is 12.6. The number of rotatable bonds is 7. The van der Waals surface area contributed by atoms with Gasteiger partial charge in [-0.25, -0.2) is 0 Å². The molecule has 4 aromatic rings. The van der Waals surface area contributed by atoms with Crippen LogP contribution in [0, 0.1) is 6.92 Å². The van der Waals surface area contributed by atoms with E-state index in [1.165, 1.54) is 0 Å². The smallest absolute Gasteiger partial charge is 0.250 e. The van der Waals surface area contributed by atoms with E-state index in [0.717, 1.165) is 28.3 Å². The van der Waals surface area contributed by atoms with Gasteiger partial charge in [0.25, 0.3) is 0 Å². The zero-order valence-electron chi connectivity index (χ0n) is 25.0. The molecule has 1 unspecified atom stereocenters. The molecular weight excluding hydrogens is 566 g/mol. The van der Waals surface area contributed by atoms with Crippen molar-refractivity contribution < 1.29 is 14.0 Å². The molecule has 0 radical (unpaired) electrons. The highest BCUT2D eigenvalue weighted by molar-refractivity contribution is 6.74. The number of fused-ring (bicyclic) bond motifs is 3. The molecule has 2 heterocycles. The van der Waals surface area contributed by atoms with Crippen molar-refractivity contribution in [1.29, 1.82) is 0 Å². The highest BCUT2D eigenvalue weighted by Gasteiger charge is 2.39. The number of hydrogen-bond donors (Lipinski definition) is 1. The Bertz CT molecular complexity index is 1640. The van der Waals surface area contributed by atoms with E-state index >= 15 is 0 Å². The number of benzene rings is 3. The molecule has 10 heteroatoms. The quantitative estimate of drug-likeness (QED) is 0.221. The molecule has 1 aromatic heterocycles. The van der Waals surface area contributed by atoms with Crippen molar-refractivity contribution >= 4 is 37.2 Å². The second-order valence-electron chi connectivity index (χ2n) is 12.0. The molecule has 1 atom stereocenters. The molecular formula is C32H36ClN5O3Si. The lowest BCUT2D eigenvalue weighted by atomic mass is 10.00. The van der Waals surface area contributed by atoms with Gasteiger partial charge in [0, 0.05) is 21.8 Å². The molecule has 8 nitrogen and oxygen atoms in total. The van der Waals surface area contributed by atoms with Gasteiger partial charge in [-0.3, -0.25) is 14.4 Å². The molecule has 1 amide bonds. The molecule has 218 valence electrons. The van der Waals surface area contributed by atoms with Gasteiger partial charge in [0.05, 0.1) is 24.9 Å². The molecule has 42 heavy (non-hydrogen) atoms. The lowest BCUT2D eigenvalue weighted by Gasteiger charge is -2.36. The maximum absolute atomic E-state index is 13.4. The SMILES string of the molecule is COc1ccc2c(c1)C(c1ccc(Cl)cc1)=NC(CC(=O)Nc1ccc(O[Si](C)(C)C(C)(C)C)cc1)c1nnc(C)n1-2. The van der Waals surface area contributed by atoms with Gasteiger partial charge in [0.1, 0.15) is 23.4 Å². The molecule has 0 saturated heterocycles. The van der Waals surface area contributed by atoms with Crippen LogP contribution in [0.5, 0.6) is 11.5 Å². The Morgan fingerprint density at radius 3 is 2.31 bits per heavy atom. The first-order chi connectivity index (χ1) is 19.9. The third kappa shape index (κ3) is 5.98. The highest BCUT2D eigenvalue weighted by Crippen LogP contribution is 2.38. The molecule has 1 aliphatic heterocycles. The number of ether oxygens (including phenoxy) is 1. The van der Waals surface area contributed by atoms with E-state index in [2.05, 4.69) is 49.4 Å². The Balaban J connectivity index is 1.46. The van der Waals surface area contributed by atoms with Crippen LogP contribution in [0.1, 0.15) is 56.0 Å². The number of aliphatic imine (C=N–C) groups is 1. The van der Waals surface area contributed by atoms with E-state index in [1.54, 1.807) is 7.11 Å². The van der Waals surface area contributed by atoms with Crippen molar-refractivity contribution in [3.63, 3.8) is 0 Å². The summed E-state index contributed by atoms with van der Waals surface area (Å²) in [5.74, 6) is 2.60. The van der Waals surface area contributed by atoms with E-state index in [-0.39, 0.29) is 17.4 Å². The fourth-order valence-electron chi connectivity index (χ4n) is 4.62. The Hall–Kier alpha value is -3.95. The molecule has 0 saturated carbocycles. The van der Waals surface area contributed by atoms with Crippen molar-refractivity contribution in [2.75, 3.05) is 12.4 Å². The number of aromatic nitrogens is 3. The minimum Gasteiger partial charge on any atom is -0.544 e. The molecule has 1 aliphatic rings. The molecule has 0 bridgehead atoms. The van der Waals surface area contributed by atoms with Gasteiger partial charge >= 0.3 is 0 Å².